The van der Waals surface area contributed by atoms with Crippen LogP contribution in [0.2, 0.25) is 0 Å². The van der Waals surface area contributed by atoms with Crippen LogP contribution in [0.4, 0.5) is 13.2 Å². The average molecular weight is 261 g/mol. The van der Waals surface area contributed by atoms with Crippen molar-refractivity contribution < 1.29 is 27.8 Å². The van der Waals surface area contributed by atoms with Gasteiger partial charge in [-0.25, -0.2) is 4.79 Å². The Kier molecular flexibility index (Phi) is 4.03. The number of rotatable bonds is 3. The average Bonchev–Trinajstić information content (AvgIpc) is 2.29. The van der Waals surface area contributed by atoms with Gasteiger partial charge in [0.25, 0.3) is 0 Å². The van der Waals surface area contributed by atoms with E-state index in [1.165, 1.54) is 24.3 Å². The highest BCUT2D eigenvalue weighted by atomic mass is 19.4. The molecule has 18 heavy (non-hydrogen) atoms. The second kappa shape index (κ2) is 5.30. The number of para-hydroxylation sites is 1. The number of alkyl halides is 3. The SMILES string of the molecule is O=N/C(C(=O)Oc1ccccc1)=C(\O)C(F)(F)F. The molecule has 0 radical (unpaired) electrons. The third-order valence-corrected chi connectivity index (χ3v) is 1.73. The number of aliphatic hydroxyl groups is 1. The van der Waals surface area contributed by atoms with Crippen LogP contribution in [0.25, 0.3) is 0 Å². The summed E-state index contributed by atoms with van der Waals surface area (Å²) in [6.45, 7) is 0. The lowest BCUT2D eigenvalue weighted by molar-refractivity contribution is -0.136. The van der Waals surface area contributed by atoms with Gasteiger partial charge in [0, 0.05) is 0 Å². The van der Waals surface area contributed by atoms with Gasteiger partial charge >= 0.3 is 12.1 Å². The molecule has 0 aliphatic rings. The smallest absolute Gasteiger partial charge is 0.451 e. The summed E-state index contributed by atoms with van der Waals surface area (Å²) >= 11 is 0. The van der Waals surface area contributed by atoms with Crippen molar-refractivity contribution in [1.29, 1.82) is 0 Å². The molecule has 1 N–H and O–H groups in total. The van der Waals surface area contributed by atoms with Crippen molar-refractivity contribution in [2.24, 2.45) is 5.18 Å². The molecule has 0 fully saturated rings. The van der Waals surface area contributed by atoms with Gasteiger partial charge in [0.2, 0.25) is 11.5 Å². The Bertz CT molecular complexity index is 482. The summed E-state index contributed by atoms with van der Waals surface area (Å²) in [5.41, 5.74) is -1.73. The van der Waals surface area contributed by atoms with Gasteiger partial charge in [-0.05, 0) is 17.3 Å². The summed E-state index contributed by atoms with van der Waals surface area (Å²) < 4.78 is 40.6. The number of carbonyl (C=O) groups excluding carboxylic acids is 1. The first-order valence-electron chi connectivity index (χ1n) is 4.47. The minimum Gasteiger partial charge on any atom is -0.502 e. The molecular weight excluding hydrogens is 255 g/mol. The Morgan fingerprint density at radius 1 is 1.22 bits per heavy atom. The molecule has 5 nitrogen and oxygen atoms in total. The first kappa shape index (κ1) is 13.7. The molecule has 0 unspecified atom stereocenters. The second-order valence-corrected chi connectivity index (χ2v) is 2.99. The summed E-state index contributed by atoms with van der Waals surface area (Å²) in [7, 11) is 0. The van der Waals surface area contributed by atoms with E-state index in [1.54, 1.807) is 6.07 Å². The molecule has 0 aliphatic carbocycles. The maximum atomic E-state index is 12.1. The van der Waals surface area contributed by atoms with Gasteiger partial charge in [0.15, 0.2) is 0 Å². The van der Waals surface area contributed by atoms with E-state index in [1.807, 2.05) is 5.18 Å². The Morgan fingerprint density at radius 3 is 2.22 bits per heavy atom. The number of esters is 1. The van der Waals surface area contributed by atoms with E-state index in [9.17, 15) is 22.9 Å². The lowest BCUT2D eigenvalue weighted by atomic mass is 10.3. The van der Waals surface area contributed by atoms with Gasteiger partial charge in [-0.1, -0.05) is 18.2 Å². The highest BCUT2D eigenvalue weighted by Gasteiger charge is 2.40. The van der Waals surface area contributed by atoms with Gasteiger partial charge in [-0.15, -0.1) is 4.91 Å². The number of carbonyl (C=O) groups is 1. The molecule has 0 heterocycles. The number of allylic oxidation sites excluding steroid dienone is 1. The summed E-state index contributed by atoms with van der Waals surface area (Å²) in [6, 6.07) is 7.07. The van der Waals surface area contributed by atoms with Crippen LogP contribution < -0.4 is 4.74 Å². The number of ether oxygens (including phenoxy) is 1. The van der Waals surface area contributed by atoms with Crippen LogP contribution in [0.3, 0.4) is 0 Å². The van der Waals surface area contributed by atoms with E-state index in [2.05, 4.69) is 4.74 Å². The van der Waals surface area contributed by atoms with Gasteiger partial charge in [-0.2, -0.15) is 13.2 Å². The number of benzene rings is 1. The molecule has 0 spiro atoms. The van der Waals surface area contributed by atoms with Crippen LogP contribution in [0, 0.1) is 4.91 Å². The molecule has 0 aliphatic heterocycles. The fourth-order valence-corrected chi connectivity index (χ4v) is 0.955. The van der Waals surface area contributed by atoms with E-state index >= 15 is 0 Å². The Balaban J connectivity index is 2.98. The van der Waals surface area contributed by atoms with E-state index in [4.69, 9.17) is 5.11 Å². The topological polar surface area (TPSA) is 76.0 Å². The van der Waals surface area contributed by atoms with Crippen LogP contribution in [-0.4, -0.2) is 17.3 Å². The first-order chi connectivity index (χ1) is 8.36. The third-order valence-electron chi connectivity index (χ3n) is 1.73. The molecule has 1 aromatic carbocycles. The molecular formula is C10H6F3NO4. The largest absolute Gasteiger partial charge is 0.502 e. The fraction of sp³-hybridized carbons (Fsp3) is 0.100. The van der Waals surface area contributed by atoms with Gasteiger partial charge in [0.05, 0.1) is 0 Å². The molecule has 0 bridgehead atoms. The highest BCUT2D eigenvalue weighted by molar-refractivity contribution is 5.90. The van der Waals surface area contributed by atoms with Gasteiger partial charge in [0.1, 0.15) is 5.75 Å². The van der Waals surface area contributed by atoms with Crippen LogP contribution >= 0.6 is 0 Å². The number of aliphatic hydroxyl groups excluding tert-OH is 1. The molecule has 1 aromatic rings. The molecule has 0 aromatic heterocycles. The van der Waals surface area contributed by atoms with Crippen molar-refractivity contribution in [3.63, 3.8) is 0 Å². The lowest BCUT2D eigenvalue weighted by Crippen LogP contribution is -2.20. The standard InChI is InChI=1S/C10H6F3NO4/c11-10(12,13)8(15)7(14-17)9(16)18-6-4-2-1-3-5-6/h1-5,15H/b8-7-. The summed E-state index contributed by atoms with van der Waals surface area (Å²) in [4.78, 5) is 21.4. The van der Waals surface area contributed by atoms with Crippen LogP contribution in [0.5, 0.6) is 5.75 Å². The molecule has 0 saturated heterocycles. The Morgan fingerprint density at radius 2 is 1.78 bits per heavy atom. The molecule has 1 rings (SSSR count). The minimum atomic E-state index is -5.25. The quantitative estimate of drug-likeness (QED) is 0.298. The van der Waals surface area contributed by atoms with Crippen molar-refractivity contribution in [3.8, 4) is 5.75 Å². The predicted octanol–water partition coefficient (Wildman–Crippen LogP) is 2.69. The fourth-order valence-electron chi connectivity index (χ4n) is 0.955. The zero-order chi connectivity index (χ0) is 13.8. The number of hydrogen-bond acceptors (Lipinski definition) is 5. The van der Waals surface area contributed by atoms with Crippen molar-refractivity contribution >= 4 is 5.97 Å². The number of halogens is 3. The number of nitroso groups, excluding NO2 is 1. The predicted molar refractivity (Wildman–Crippen MR) is 53.6 cm³/mol. The zero-order valence-electron chi connectivity index (χ0n) is 8.64. The molecule has 0 amide bonds. The molecule has 0 atom stereocenters. The first-order valence-corrected chi connectivity index (χ1v) is 4.47. The lowest BCUT2D eigenvalue weighted by Gasteiger charge is -2.07. The maximum absolute atomic E-state index is 12.1. The van der Waals surface area contributed by atoms with Crippen LogP contribution in [-0.2, 0) is 4.79 Å². The van der Waals surface area contributed by atoms with Gasteiger partial charge < -0.3 is 9.84 Å². The second-order valence-electron chi connectivity index (χ2n) is 2.99. The van der Waals surface area contributed by atoms with Crippen molar-refractivity contribution in [1.82, 2.24) is 0 Å². The Hall–Kier alpha value is -2.38. The van der Waals surface area contributed by atoms with Crippen molar-refractivity contribution in [2.75, 3.05) is 0 Å². The zero-order valence-corrected chi connectivity index (χ0v) is 8.64. The molecule has 96 valence electrons. The summed E-state index contributed by atoms with van der Waals surface area (Å²) in [6.07, 6.45) is -5.25. The number of hydrogen-bond donors (Lipinski definition) is 1. The van der Waals surface area contributed by atoms with Gasteiger partial charge in [-0.3, -0.25) is 0 Å². The summed E-state index contributed by atoms with van der Waals surface area (Å²) in [5.74, 6) is -4.16. The van der Waals surface area contributed by atoms with E-state index in [0.717, 1.165) is 0 Å². The van der Waals surface area contributed by atoms with E-state index in [0.29, 0.717) is 0 Å². The third kappa shape index (κ3) is 3.30. The molecule has 8 heteroatoms. The minimum absolute atomic E-state index is 0.0846. The monoisotopic (exact) mass is 261 g/mol. The van der Waals surface area contributed by atoms with Crippen molar-refractivity contribution in [2.45, 2.75) is 6.18 Å². The van der Waals surface area contributed by atoms with Crippen molar-refractivity contribution in [3.05, 3.63) is 46.7 Å². The van der Waals surface area contributed by atoms with Crippen LogP contribution in [0.15, 0.2) is 47.0 Å². The maximum Gasteiger partial charge on any atom is 0.451 e. The van der Waals surface area contributed by atoms with Crippen LogP contribution in [0.1, 0.15) is 0 Å². The normalized spacial score (nSPS) is 12.6. The summed E-state index contributed by atoms with van der Waals surface area (Å²) in [5, 5.41) is 10.5. The molecule has 0 saturated carbocycles. The van der Waals surface area contributed by atoms with E-state index in [-0.39, 0.29) is 5.75 Å². The Labute approximate surface area is 98.5 Å². The highest BCUT2D eigenvalue weighted by Crippen LogP contribution is 2.27. The number of nitrogens with zero attached hydrogens (tertiary/aromatic N) is 1. The van der Waals surface area contributed by atoms with E-state index < -0.39 is 23.6 Å².